The Balaban J connectivity index is 2.33. The maximum atomic E-state index is 13.1. The number of hydrogen-bond donors (Lipinski definition) is 1. The quantitative estimate of drug-likeness (QED) is 0.584. The second-order valence-electron chi connectivity index (χ2n) is 4.61. The van der Waals surface area contributed by atoms with Crippen LogP contribution in [0.15, 0.2) is 34.7 Å². The summed E-state index contributed by atoms with van der Waals surface area (Å²) in [6.07, 6.45) is 0. The molecule has 0 saturated heterocycles. The molecule has 4 nitrogen and oxygen atoms in total. The van der Waals surface area contributed by atoms with Crippen molar-refractivity contribution in [2.45, 2.75) is 0 Å². The molecule has 0 spiro atoms. The van der Waals surface area contributed by atoms with E-state index in [0.717, 1.165) is 0 Å². The monoisotopic (exact) mass is 314 g/mol. The Kier molecular flexibility index (Phi) is 3.62. The fraction of sp³-hybridized carbons (Fsp3) is 0.0667. The smallest absolute Gasteiger partial charge is 0.255 e. The van der Waals surface area contributed by atoms with Crippen LogP contribution in [0.2, 0.25) is 5.15 Å². The number of pyridine rings is 1. The highest BCUT2D eigenvalue weighted by molar-refractivity contribution is 6.45. The van der Waals surface area contributed by atoms with E-state index in [1.54, 1.807) is 0 Å². The van der Waals surface area contributed by atoms with Gasteiger partial charge in [0.2, 0.25) is 5.71 Å². The number of fused-ring (bicyclic) bond motifs is 1. The lowest BCUT2D eigenvalue weighted by molar-refractivity contribution is 0.0964. The summed E-state index contributed by atoms with van der Waals surface area (Å²) in [5.74, 6) is -0.461. The number of benzene rings is 1. The van der Waals surface area contributed by atoms with Crippen LogP contribution in [0.4, 0.5) is 4.39 Å². The number of furan rings is 1. The molecule has 0 aliphatic carbocycles. The van der Waals surface area contributed by atoms with Crippen molar-refractivity contribution in [2.24, 2.45) is 0 Å². The lowest BCUT2D eigenvalue weighted by Crippen LogP contribution is -2.18. The van der Waals surface area contributed by atoms with Crippen LogP contribution in [0.1, 0.15) is 10.4 Å². The molecule has 0 bridgehead atoms. The zero-order valence-electron chi connectivity index (χ0n) is 11.5. The van der Waals surface area contributed by atoms with Crippen molar-refractivity contribution in [1.82, 2.24) is 10.3 Å². The maximum absolute atomic E-state index is 13.1. The lowest BCUT2D eigenvalue weighted by Gasteiger charge is -2.02. The van der Waals surface area contributed by atoms with Gasteiger partial charge in [-0.05, 0) is 24.3 Å². The third kappa shape index (κ3) is 2.35. The van der Waals surface area contributed by atoms with Gasteiger partial charge in [-0.1, -0.05) is 23.1 Å². The fourth-order valence-electron chi connectivity index (χ4n) is 2.17. The predicted molar refractivity (Wildman–Crippen MR) is 83.2 cm³/mol. The Bertz CT molecular complexity index is 877. The Morgan fingerprint density at radius 2 is 2.05 bits per heavy atom. The van der Waals surface area contributed by atoms with Crippen LogP contribution in [0.5, 0.6) is 0 Å². The molecular weight excluding hydrogens is 305 g/mol. The standard InChI is InChI=1S/C15H9BClFN2O2/c1-19-14(21)11-9-6-10(16)13(17)20-15(9)22-12(11)7-2-4-8(18)5-3-7/h2-6H,1H3,(H,19,21). The van der Waals surface area contributed by atoms with Gasteiger partial charge in [-0.3, -0.25) is 4.79 Å². The van der Waals surface area contributed by atoms with E-state index in [0.29, 0.717) is 10.9 Å². The highest BCUT2D eigenvalue weighted by Gasteiger charge is 2.23. The summed E-state index contributed by atoms with van der Waals surface area (Å²) in [5, 5.41) is 3.08. The normalized spacial score (nSPS) is 10.9. The van der Waals surface area contributed by atoms with Crippen molar-refractivity contribution in [3.05, 3.63) is 46.9 Å². The molecule has 1 amide bonds. The first-order valence-electron chi connectivity index (χ1n) is 6.37. The number of halogens is 2. The van der Waals surface area contributed by atoms with Gasteiger partial charge in [0.1, 0.15) is 24.6 Å². The van der Waals surface area contributed by atoms with E-state index in [4.69, 9.17) is 23.9 Å². The number of carbonyl (C=O) groups excluding carboxylic acids is 1. The Morgan fingerprint density at radius 1 is 1.36 bits per heavy atom. The first-order valence-corrected chi connectivity index (χ1v) is 6.75. The summed E-state index contributed by atoms with van der Waals surface area (Å²) in [5.41, 5.74) is 1.26. The van der Waals surface area contributed by atoms with Crippen molar-refractivity contribution in [1.29, 1.82) is 0 Å². The molecule has 0 aliphatic heterocycles. The first kappa shape index (κ1) is 14.6. The zero-order chi connectivity index (χ0) is 15.9. The molecule has 3 aromatic rings. The van der Waals surface area contributed by atoms with Crippen LogP contribution in [-0.4, -0.2) is 25.8 Å². The highest BCUT2D eigenvalue weighted by Crippen LogP contribution is 2.33. The van der Waals surface area contributed by atoms with Crippen LogP contribution < -0.4 is 10.8 Å². The molecule has 0 aliphatic rings. The van der Waals surface area contributed by atoms with Crippen LogP contribution in [0.3, 0.4) is 0 Å². The molecule has 2 heterocycles. The third-order valence-corrected chi connectivity index (χ3v) is 3.53. The number of rotatable bonds is 2. The summed E-state index contributed by atoms with van der Waals surface area (Å²) in [6, 6.07) is 7.14. The van der Waals surface area contributed by atoms with Crippen molar-refractivity contribution < 1.29 is 13.6 Å². The number of amides is 1. The molecule has 1 aromatic carbocycles. The van der Waals surface area contributed by atoms with E-state index in [9.17, 15) is 9.18 Å². The Labute approximate surface area is 131 Å². The van der Waals surface area contributed by atoms with Gasteiger partial charge in [0.05, 0.1) is 10.9 Å². The number of hydrogen-bond acceptors (Lipinski definition) is 3. The van der Waals surface area contributed by atoms with Gasteiger partial charge < -0.3 is 9.73 Å². The summed E-state index contributed by atoms with van der Waals surface area (Å²) >= 11 is 5.88. The number of carbonyl (C=O) groups is 1. The summed E-state index contributed by atoms with van der Waals surface area (Å²) in [7, 11) is 7.25. The maximum Gasteiger partial charge on any atom is 0.255 e. The Hall–Kier alpha value is -2.34. The van der Waals surface area contributed by atoms with E-state index in [1.165, 1.54) is 37.4 Å². The van der Waals surface area contributed by atoms with Crippen LogP contribution in [0, 0.1) is 5.82 Å². The number of nitrogens with zero attached hydrogens (tertiary/aromatic N) is 1. The largest absolute Gasteiger partial charge is 0.437 e. The SMILES string of the molecule is [B]c1cc2c(C(=O)NC)c(-c3ccc(F)cc3)oc2nc1Cl. The van der Waals surface area contributed by atoms with E-state index in [-0.39, 0.29) is 39.4 Å². The molecule has 1 N–H and O–H groups in total. The zero-order valence-corrected chi connectivity index (χ0v) is 12.2. The second kappa shape index (κ2) is 5.46. The minimum atomic E-state index is -0.383. The molecule has 108 valence electrons. The molecule has 2 radical (unpaired) electrons. The van der Waals surface area contributed by atoms with Crippen LogP contribution >= 0.6 is 11.6 Å². The van der Waals surface area contributed by atoms with E-state index in [2.05, 4.69) is 10.3 Å². The van der Waals surface area contributed by atoms with Gasteiger partial charge in [-0.15, -0.1) is 0 Å². The van der Waals surface area contributed by atoms with Gasteiger partial charge in [0.25, 0.3) is 5.91 Å². The van der Waals surface area contributed by atoms with Crippen LogP contribution in [0.25, 0.3) is 22.4 Å². The molecule has 2 aromatic heterocycles. The molecule has 3 rings (SSSR count). The molecule has 0 atom stereocenters. The highest BCUT2D eigenvalue weighted by atomic mass is 35.5. The predicted octanol–water partition coefficient (Wildman–Crippen LogP) is 2.44. The molecule has 7 heteroatoms. The van der Waals surface area contributed by atoms with Gasteiger partial charge in [0.15, 0.2) is 0 Å². The lowest BCUT2D eigenvalue weighted by atomic mass is 9.96. The molecular formula is C15H9BClFN2O2. The second-order valence-corrected chi connectivity index (χ2v) is 4.97. The summed E-state index contributed by atoms with van der Waals surface area (Å²) in [4.78, 5) is 16.2. The average Bonchev–Trinajstić information content (AvgIpc) is 2.86. The first-order chi connectivity index (χ1) is 10.5. The molecule has 0 unspecified atom stereocenters. The van der Waals surface area contributed by atoms with Crippen molar-refractivity contribution in [2.75, 3.05) is 7.05 Å². The summed E-state index contributed by atoms with van der Waals surface area (Å²) < 4.78 is 18.7. The fourth-order valence-corrected chi connectivity index (χ4v) is 2.30. The summed E-state index contributed by atoms with van der Waals surface area (Å²) in [6.45, 7) is 0. The van der Waals surface area contributed by atoms with Crippen molar-refractivity contribution in [3.63, 3.8) is 0 Å². The van der Waals surface area contributed by atoms with E-state index < -0.39 is 0 Å². The van der Waals surface area contributed by atoms with E-state index >= 15 is 0 Å². The van der Waals surface area contributed by atoms with Gasteiger partial charge >= 0.3 is 0 Å². The molecule has 22 heavy (non-hydrogen) atoms. The van der Waals surface area contributed by atoms with Crippen molar-refractivity contribution >= 4 is 41.9 Å². The number of nitrogens with one attached hydrogen (secondary N) is 1. The minimum Gasteiger partial charge on any atom is -0.437 e. The minimum absolute atomic E-state index is 0.0929. The molecule has 0 saturated carbocycles. The topological polar surface area (TPSA) is 55.1 Å². The van der Waals surface area contributed by atoms with E-state index in [1.807, 2.05) is 0 Å². The van der Waals surface area contributed by atoms with Gasteiger partial charge in [-0.2, -0.15) is 0 Å². The van der Waals surface area contributed by atoms with Gasteiger partial charge in [-0.25, -0.2) is 9.37 Å². The van der Waals surface area contributed by atoms with Gasteiger partial charge in [0, 0.05) is 12.6 Å². The average molecular weight is 315 g/mol. The third-order valence-electron chi connectivity index (χ3n) is 3.22. The van der Waals surface area contributed by atoms with Crippen LogP contribution in [-0.2, 0) is 0 Å². The Morgan fingerprint density at radius 3 is 2.68 bits per heavy atom. The molecule has 0 fully saturated rings. The van der Waals surface area contributed by atoms with Crippen molar-refractivity contribution in [3.8, 4) is 11.3 Å². The number of aromatic nitrogens is 1.